The summed E-state index contributed by atoms with van der Waals surface area (Å²) in [6, 6.07) is 9.55. The Morgan fingerprint density at radius 1 is 1.10 bits per heavy atom. The first kappa shape index (κ1) is 14.6. The summed E-state index contributed by atoms with van der Waals surface area (Å²) < 4.78 is 2.42. The molecule has 0 atom stereocenters. The van der Waals surface area contributed by atoms with Crippen molar-refractivity contribution in [1.29, 1.82) is 0 Å². The van der Waals surface area contributed by atoms with Gasteiger partial charge in [0, 0.05) is 36.2 Å². The van der Waals surface area contributed by atoms with Crippen molar-refractivity contribution >= 4 is 10.9 Å². The van der Waals surface area contributed by atoms with E-state index in [9.17, 15) is 0 Å². The summed E-state index contributed by atoms with van der Waals surface area (Å²) in [5, 5.41) is 5.24. The second-order valence-corrected chi connectivity index (χ2v) is 6.43. The molecule has 0 unspecified atom stereocenters. The molecule has 0 bridgehead atoms. The molecule has 0 radical (unpaired) electrons. The maximum absolute atomic E-state index is 3.81. The minimum Gasteiger partial charge on any atom is -0.347 e. The first-order valence-corrected chi connectivity index (χ1v) is 8.68. The van der Waals surface area contributed by atoms with Crippen molar-refractivity contribution in [2.45, 2.75) is 71.0 Å². The third-order valence-corrected chi connectivity index (χ3v) is 4.77. The van der Waals surface area contributed by atoms with Crippen molar-refractivity contribution in [3.8, 4) is 0 Å². The zero-order valence-corrected chi connectivity index (χ0v) is 13.3. The predicted octanol–water partition coefficient (Wildman–Crippen LogP) is 4.86. The van der Waals surface area contributed by atoms with Gasteiger partial charge in [-0.25, -0.2) is 0 Å². The molecule has 0 aliphatic heterocycles. The molecular weight excluding hydrogens is 256 g/mol. The molecule has 0 amide bonds. The third kappa shape index (κ3) is 3.49. The number of benzene rings is 1. The topological polar surface area (TPSA) is 17.0 Å². The summed E-state index contributed by atoms with van der Waals surface area (Å²) in [7, 11) is 0. The van der Waals surface area contributed by atoms with Crippen molar-refractivity contribution in [1.82, 2.24) is 9.88 Å². The largest absolute Gasteiger partial charge is 0.347 e. The van der Waals surface area contributed by atoms with Crippen LogP contribution in [-0.4, -0.2) is 10.6 Å². The van der Waals surface area contributed by atoms with Gasteiger partial charge < -0.3 is 9.88 Å². The molecule has 0 saturated heterocycles. The van der Waals surface area contributed by atoms with Crippen LogP contribution in [0.15, 0.2) is 30.5 Å². The molecule has 1 aromatic carbocycles. The Morgan fingerprint density at radius 3 is 2.62 bits per heavy atom. The Morgan fingerprint density at radius 2 is 1.86 bits per heavy atom. The van der Waals surface area contributed by atoms with Crippen LogP contribution < -0.4 is 5.32 Å². The van der Waals surface area contributed by atoms with Gasteiger partial charge in [0.25, 0.3) is 0 Å². The molecule has 21 heavy (non-hydrogen) atoms. The average molecular weight is 284 g/mol. The van der Waals surface area contributed by atoms with E-state index in [2.05, 4.69) is 47.3 Å². The van der Waals surface area contributed by atoms with Crippen LogP contribution in [0.5, 0.6) is 0 Å². The first-order valence-electron chi connectivity index (χ1n) is 8.68. The van der Waals surface area contributed by atoms with E-state index >= 15 is 0 Å². The summed E-state index contributed by atoms with van der Waals surface area (Å²) in [5.41, 5.74) is 2.85. The van der Waals surface area contributed by atoms with E-state index < -0.39 is 0 Å². The summed E-state index contributed by atoms with van der Waals surface area (Å²) in [4.78, 5) is 0. The van der Waals surface area contributed by atoms with E-state index in [1.807, 2.05) is 0 Å². The maximum Gasteiger partial charge on any atom is 0.0483 e. The van der Waals surface area contributed by atoms with Crippen LogP contribution in [0.2, 0.25) is 0 Å². The van der Waals surface area contributed by atoms with E-state index in [4.69, 9.17) is 0 Å². The van der Waals surface area contributed by atoms with E-state index in [-0.39, 0.29) is 0 Å². The number of nitrogens with one attached hydrogen (secondary N) is 1. The van der Waals surface area contributed by atoms with Gasteiger partial charge in [-0.2, -0.15) is 0 Å². The van der Waals surface area contributed by atoms with Crippen LogP contribution >= 0.6 is 0 Å². The summed E-state index contributed by atoms with van der Waals surface area (Å²) >= 11 is 0. The molecule has 1 aromatic heterocycles. The van der Waals surface area contributed by atoms with Crippen molar-refractivity contribution in [3.63, 3.8) is 0 Å². The number of nitrogens with zero attached hydrogens (tertiary/aromatic N) is 1. The molecule has 1 aliphatic rings. The van der Waals surface area contributed by atoms with E-state index in [0.717, 1.165) is 19.1 Å². The van der Waals surface area contributed by atoms with Crippen molar-refractivity contribution in [3.05, 3.63) is 36.0 Å². The van der Waals surface area contributed by atoms with Gasteiger partial charge in [0.15, 0.2) is 0 Å². The lowest BCUT2D eigenvalue weighted by atomic mass is 10.1. The van der Waals surface area contributed by atoms with Crippen LogP contribution in [0, 0.1) is 0 Å². The number of hydrogen-bond donors (Lipinski definition) is 1. The van der Waals surface area contributed by atoms with Gasteiger partial charge in [0.05, 0.1) is 0 Å². The SMILES string of the molecule is CCCn1cc(CNC2CCCCCC2)c2ccccc21. The molecule has 0 spiro atoms. The van der Waals surface area contributed by atoms with Gasteiger partial charge >= 0.3 is 0 Å². The molecule has 3 rings (SSSR count). The Hall–Kier alpha value is -1.28. The molecule has 114 valence electrons. The second kappa shape index (κ2) is 7.13. The van der Waals surface area contributed by atoms with Crippen LogP contribution in [0.1, 0.15) is 57.4 Å². The Bertz CT molecular complexity index is 562. The van der Waals surface area contributed by atoms with Crippen molar-refractivity contribution in [2.75, 3.05) is 0 Å². The lowest BCUT2D eigenvalue weighted by Crippen LogP contribution is -2.27. The van der Waals surface area contributed by atoms with Gasteiger partial charge in [0.2, 0.25) is 0 Å². The van der Waals surface area contributed by atoms with E-state index in [1.54, 1.807) is 0 Å². The monoisotopic (exact) mass is 284 g/mol. The highest BCUT2D eigenvalue weighted by molar-refractivity contribution is 5.83. The standard InChI is InChI=1S/C19H28N2/c1-2-13-21-15-16(18-11-7-8-12-19(18)21)14-20-17-9-5-3-4-6-10-17/h7-8,11-12,15,17,20H,2-6,9-10,13-14H2,1H3. The zero-order valence-electron chi connectivity index (χ0n) is 13.3. The highest BCUT2D eigenvalue weighted by atomic mass is 15.0. The van der Waals surface area contributed by atoms with Crippen LogP contribution in [-0.2, 0) is 13.1 Å². The normalized spacial score (nSPS) is 17.2. The molecule has 2 heteroatoms. The van der Waals surface area contributed by atoms with Crippen LogP contribution in [0.3, 0.4) is 0 Å². The quantitative estimate of drug-likeness (QED) is 0.776. The molecule has 2 nitrogen and oxygen atoms in total. The lowest BCUT2D eigenvalue weighted by Gasteiger charge is -2.15. The summed E-state index contributed by atoms with van der Waals surface area (Å²) in [6.45, 7) is 4.38. The molecule has 2 aromatic rings. The lowest BCUT2D eigenvalue weighted by molar-refractivity contribution is 0.459. The highest BCUT2D eigenvalue weighted by Gasteiger charge is 2.13. The maximum atomic E-state index is 3.81. The Labute approximate surface area is 128 Å². The summed E-state index contributed by atoms with van der Waals surface area (Å²) in [6.07, 6.45) is 11.9. The third-order valence-electron chi connectivity index (χ3n) is 4.77. The van der Waals surface area contributed by atoms with Gasteiger partial charge in [-0.05, 0) is 30.9 Å². The molecule has 1 N–H and O–H groups in total. The number of aromatic nitrogens is 1. The first-order chi connectivity index (χ1) is 10.4. The number of aryl methyl sites for hydroxylation is 1. The fourth-order valence-corrected chi connectivity index (χ4v) is 3.63. The molecule has 1 saturated carbocycles. The average Bonchev–Trinajstić information content (AvgIpc) is 2.69. The summed E-state index contributed by atoms with van der Waals surface area (Å²) in [5.74, 6) is 0. The van der Waals surface area contributed by atoms with Gasteiger partial charge in [-0.1, -0.05) is 50.8 Å². The Kier molecular flexibility index (Phi) is 4.97. The minimum atomic E-state index is 0.723. The number of fused-ring (bicyclic) bond motifs is 1. The highest BCUT2D eigenvalue weighted by Crippen LogP contribution is 2.23. The minimum absolute atomic E-state index is 0.723. The van der Waals surface area contributed by atoms with Crippen molar-refractivity contribution in [2.24, 2.45) is 0 Å². The van der Waals surface area contributed by atoms with E-state index in [1.165, 1.54) is 61.4 Å². The van der Waals surface area contributed by atoms with Crippen LogP contribution in [0.4, 0.5) is 0 Å². The predicted molar refractivity (Wildman–Crippen MR) is 90.6 cm³/mol. The Balaban J connectivity index is 1.73. The fraction of sp³-hybridized carbons (Fsp3) is 0.579. The smallest absolute Gasteiger partial charge is 0.0483 e. The molecule has 1 aliphatic carbocycles. The second-order valence-electron chi connectivity index (χ2n) is 6.43. The molecule has 1 heterocycles. The molecule has 1 fully saturated rings. The molecular formula is C19H28N2. The zero-order chi connectivity index (χ0) is 14.5. The van der Waals surface area contributed by atoms with Gasteiger partial charge in [0.1, 0.15) is 0 Å². The van der Waals surface area contributed by atoms with Gasteiger partial charge in [-0.3, -0.25) is 0 Å². The number of para-hydroxylation sites is 1. The number of hydrogen-bond acceptors (Lipinski definition) is 1. The van der Waals surface area contributed by atoms with Gasteiger partial charge in [-0.15, -0.1) is 0 Å². The number of rotatable bonds is 5. The van der Waals surface area contributed by atoms with Crippen LogP contribution in [0.25, 0.3) is 10.9 Å². The van der Waals surface area contributed by atoms with E-state index in [0.29, 0.717) is 0 Å². The fourth-order valence-electron chi connectivity index (χ4n) is 3.63. The van der Waals surface area contributed by atoms with Crippen molar-refractivity contribution < 1.29 is 0 Å².